The lowest BCUT2D eigenvalue weighted by Crippen LogP contribution is -2.09. The van der Waals surface area contributed by atoms with Crippen molar-refractivity contribution in [3.63, 3.8) is 0 Å². The molecule has 0 spiro atoms. The predicted octanol–water partition coefficient (Wildman–Crippen LogP) is 2.51. The monoisotopic (exact) mass is 261 g/mol. The summed E-state index contributed by atoms with van der Waals surface area (Å²) < 4.78 is 0. The first kappa shape index (κ1) is 12.5. The standard InChI is InChI=1S/C13H12ClN3O/c1-2-8-6-16-4-3-10(8)12(18)11-5-9(14)7-17-13(11)15/h3-7H,2H2,1H3,(H2,15,17). The lowest BCUT2D eigenvalue weighted by Gasteiger charge is -2.08. The van der Waals surface area contributed by atoms with Crippen molar-refractivity contribution < 1.29 is 4.79 Å². The number of nitrogens with two attached hydrogens (primary N) is 1. The van der Waals surface area contributed by atoms with E-state index in [1.165, 1.54) is 12.3 Å². The van der Waals surface area contributed by atoms with Crippen molar-refractivity contribution in [2.24, 2.45) is 0 Å². The fraction of sp³-hybridized carbons (Fsp3) is 0.154. The second-order valence-electron chi connectivity index (χ2n) is 3.80. The molecule has 0 aliphatic heterocycles. The lowest BCUT2D eigenvalue weighted by atomic mass is 9.99. The van der Waals surface area contributed by atoms with Crippen LogP contribution in [0.2, 0.25) is 5.02 Å². The first-order valence-electron chi connectivity index (χ1n) is 5.52. The average molecular weight is 262 g/mol. The van der Waals surface area contributed by atoms with Crippen LogP contribution in [0.3, 0.4) is 0 Å². The van der Waals surface area contributed by atoms with Gasteiger partial charge in [-0.2, -0.15) is 0 Å². The Morgan fingerprint density at radius 3 is 2.89 bits per heavy atom. The summed E-state index contributed by atoms with van der Waals surface area (Å²) in [6, 6.07) is 3.22. The van der Waals surface area contributed by atoms with Crippen LogP contribution in [0, 0.1) is 0 Å². The minimum atomic E-state index is -0.179. The molecule has 0 aliphatic carbocycles. The maximum Gasteiger partial charge on any atom is 0.197 e. The molecule has 0 unspecified atom stereocenters. The highest BCUT2D eigenvalue weighted by Crippen LogP contribution is 2.20. The molecule has 0 bridgehead atoms. The Hall–Kier alpha value is -1.94. The van der Waals surface area contributed by atoms with Crippen molar-refractivity contribution in [2.45, 2.75) is 13.3 Å². The number of halogens is 1. The van der Waals surface area contributed by atoms with Gasteiger partial charge in [-0.1, -0.05) is 18.5 Å². The Labute approximate surface area is 110 Å². The summed E-state index contributed by atoms with van der Waals surface area (Å²) in [6.07, 6.45) is 5.41. The number of pyridine rings is 2. The molecule has 0 amide bonds. The molecule has 0 saturated carbocycles. The van der Waals surface area contributed by atoms with E-state index in [-0.39, 0.29) is 11.6 Å². The molecule has 0 aromatic carbocycles. The van der Waals surface area contributed by atoms with Crippen LogP contribution in [0.25, 0.3) is 0 Å². The normalized spacial score (nSPS) is 10.3. The molecule has 18 heavy (non-hydrogen) atoms. The summed E-state index contributed by atoms with van der Waals surface area (Å²) in [4.78, 5) is 20.3. The van der Waals surface area contributed by atoms with Crippen molar-refractivity contribution in [2.75, 3.05) is 5.73 Å². The minimum absolute atomic E-state index is 0.179. The van der Waals surface area contributed by atoms with Gasteiger partial charge in [-0.15, -0.1) is 0 Å². The van der Waals surface area contributed by atoms with Gasteiger partial charge in [0.05, 0.1) is 10.6 Å². The van der Waals surface area contributed by atoms with Gasteiger partial charge in [0.15, 0.2) is 5.78 Å². The number of anilines is 1. The van der Waals surface area contributed by atoms with Crippen LogP contribution >= 0.6 is 11.6 Å². The van der Waals surface area contributed by atoms with Crippen LogP contribution in [-0.4, -0.2) is 15.8 Å². The maximum atomic E-state index is 12.4. The Morgan fingerprint density at radius 1 is 1.39 bits per heavy atom. The molecular weight excluding hydrogens is 250 g/mol. The average Bonchev–Trinajstić information content (AvgIpc) is 2.40. The number of nitrogens with zero attached hydrogens (tertiary/aromatic N) is 2. The zero-order chi connectivity index (χ0) is 13.1. The molecule has 2 rings (SSSR count). The first-order valence-corrected chi connectivity index (χ1v) is 5.90. The molecule has 2 heterocycles. The zero-order valence-electron chi connectivity index (χ0n) is 9.85. The van der Waals surface area contributed by atoms with E-state index in [0.717, 1.165) is 12.0 Å². The summed E-state index contributed by atoms with van der Waals surface area (Å²) in [5, 5.41) is 0.389. The highest BCUT2D eigenvalue weighted by molar-refractivity contribution is 6.31. The third-order valence-corrected chi connectivity index (χ3v) is 2.87. The number of carbonyl (C=O) groups excluding carboxylic acids is 1. The summed E-state index contributed by atoms with van der Waals surface area (Å²) in [7, 11) is 0. The van der Waals surface area contributed by atoms with Crippen LogP contribution in [0.15, 0.2) is 30.7 Å². The molecule has 2 aromatic heterocycles. The number of ketones is 1. The molecule has 2 N–H and O–H groups in total. The summed E-state index contributed by atoms with van der Waals surface area (Å²) in [5.41, 5.74) is 7.50. The molecular formula is C13H12ClN3O. The molecule has 2 aromatic rings. The quantitative estimate of drug-likeness (QED) is 0.862. The molecule has 0 saturated heterocycles. The number of hydrogen-bond donors (Lipinski definition) is 1. The summed E-state index contributed by atoms with van der Waals surface area (Å²) in [5.74, 6) is 0.00464. The van der Waals surface area contributed by atoms with E-state index < -0.39 is 0 Å². The molecule has 0 atom stereocenters. The van der Waals surface area contributed by atoms with E-state index in [0.29, 0.717) is 16.1 Å². The van der Waals surface area contributed by atoms with E-state index in [2.05, 4.69) is 9.97 Å². The van der Waals surface area contributed by atoms with Gasteiger partial charge in [0.1, 0.15) is 5.82 Å². The van der Waals surface area contributed by atoms with Gasteiger partial charge in [-0.05, 0) is 24.1 Å². The SMILES string of the molecule is CCc1cnccc1C(=O)c1cc(Cl)cnc1N. The van der Waals surface area contributed by atoms with Gasteiger partial charge in [-0.25, -0.2) is 4.98 Å². The van der Waals surface area contributed by atoms with E-state index >= 15 is 0 Å². The highest BCUT2D eigenvalue weighted by atomic mass is 35.5. The van der Waals surface area contributed by atoms with Crippen molar-refractivity contribution in [1.29, 1.82) is 0 Å². The van der Waals surface area contributed by atoms with Crippen molar-refractivity contribution >= 4 is 23.2 Å². The topological polar surface area (TPSA) is 68.9 Å². The van der Waals surface area contributed by atoms with Crippen LogP contribution < -0.4 is 5.73 Å². The molecule has 5 heteroatoms. The van der Waals surface area contributed by atoms with Gasteiger partial charge in [-0.3, -0.25) is 9.78 Å². The second kappa shape index (κ2) is 5.14. The van der Waals surface area contributed by atoms with Gasteiger partial charge >= 0.3 is 0 Å². The third kappa shape index (κ3) is 2.33. The van der Waals surface area contributed by atoms with E-state index in [1.807, 2.05) is 6.92 Å². The van der Waals surface area contributed by atoms with Crippen LogP contribution in [0.1, 0.15) is 28.4 Å². The fourth-order valence-electron chi connectivity index (χ4n) is 1.71. The highest BCUT2D eigenvalue weighted by Gasteiger charge is 2.16. The van der Waals surface area contributed by atoms with Crippen molar-refractivity contribution in [1.82, 2.24) is 9.97 Å². The summed E-state index contributed by atoms with van der Waals surface area (Å²) in [6.45, 7) is 1.97. The molecule has 0 radical (unpaired) electrons. The van der Waals surface area contributed by atoms with E-state index in [9.17, 15) is 4.79 Å². The van der Waals surface area contributed by atoms with Gasteiger partial charge in [0, 0.05) is 24.2 Å². The second-order valence-corrected chi connectivity index (χ2v) is 4.24. The smallest absolute Gasteiger partial charge is 0.197 e. The van der Waals surface area contributed by atoms with Crippen LogP contribution in [0.4, 0.5) is 5.82 Å². The van der Waals surface area contributed by atoms with Gasteiger partial charge < -0.3 is 5.73 Å². The predicted molar refractivity (Wildman–Crippen MR) is 70.7 cm³/mol. The number of carbonyl (C=O) groups is 1. The van der Waals surface area contributed by atoms with Crippen LogP contribution in [-0.2, 0) is 6.42 Å². The Bertz CT molecular complexity index is 599. The number of aryl methyl sites for hydroxylation is 1. The number of hydrogen-bond acceptors (Lipinski definition) is 4. The Morgan fingerprint density at radius 2 is 2.17 bits per heavy atom. The molecule has 0 fully saturated rings. The molecule has 92 valence electrons. The number of aromatic nitrogens is 2. The maximum absolute atomic E-state index is 12.4. The van der Waals surface area contributed by atoms with Crippen molar-refractivity contribution in [3.8, 4) is 0 Å². The summed E-state index contributed by atoms with van der Waals surface area (Å²) >= 11 is 5.84. The molecule has 0 aliphatic rings. The largest absolute Gasteiger partial charge is 0.383 e. The van der Waals surface area contributed by atoms with E-state index in [1.54, 1.807) is 18.5 Å². The fourth-order valence-corrected chi connectivity index (χ4v) is 1.87. The number of rotatable bonds is 3. The zero-order valence-corrected chi connectivity index (χ0v) is 10.6. The number of nitrogen functional groups attached to an aromatic ring is 1. The van der Waals surface area contributed by atoms with Gasteiger partial charge in [0.2, 0.25) is 0 Å². The van der Waals surface area contributed by atoms with Crippen LogP contribution in [0.5, 0.6) is 0 Å². The third-order valence-electron chi connectivity index (χ3n) is 2.66. The molecule has 4 nitrogen and oxygen atoms in total. The Balaban J connectivity index is 2.51. The van der Waals surface area contributed by atoms with Gasteiger partial charge in [0.25, 0.3) is 0 Å². The lowest BCUT2D eigenvalue weighted by molar-refractivity contribution is 0.103. The Kier molecular flexibility index (Phi) is 3.58. The van der Waals surface area contributed by atoms with E-state index in [4.69, 9.17) is 17.3 Å². The first-order chi connectivity index (χ1) is 8.63. The van der Waals surface area contributed by atoms with Crippen molar-refractivity contribution in [3.05, 3.63) is 52.4 Å². The minimum Gasteiger partial charge on any atom is -0.383 e.